The smallest absolute Gasteiger partial charge is 0.259 e. The Balaban J connectivity index is 2.40. The molecule has 0 spiro atoms. The van der Waals surface area contributed by atoms with Crippen LogP contribution in [-0.2, 0) is 0 Å². The van der Waals surface area contributed by atoms with E-state index in [0.717, 1.165) is 4.47 Å². The molecular weight excluding hydrogens is 309 g/mol. The van der Waals surface area contributed by atoms with Crippen LogP contribution >= 0.6 is 27.5 Å². The number of nitrogens with zero attached hydrogens (tertiary/aromatic N) is 2. The van der Waals surface area contributed by atoms with E-state index in [1.54, 1.807) is 18.2 Å². The molecular formula is C10H9BrClN3O2. The maximum Gasteiger partial charge on any atom is 0.259 e. The molecule has 3 N–H and O–H groups in total. The summed E-state index contributed by atoms with van der Waals surface area (Å²) in [6.45, 7) is -0.240. The second-order valence-electron chi connectivity index (χ2n) is 3.37. The van der Waals surface area contributed by atoms with Crippen LogP contribution in [0.15, 0.2) is 27.2 Å². The first kappa shape index (κ1) is 12.5. The molecule has 0 saturated heterocycles. The number of rotatable bonds is 3. The van der Waals surface area contributed by atoms with Gasteiger partial charge in [0, 0.05) is 9.50 Å². The Labute approximate surface area is 111 Å². The molecule has 1 aromatic heterocycles. The van der Waals surface area contributed by atoms with Gasteiger partial charge in [-0.25, -0.2) is 0 Å². The zero-order valence-corrected chi connectivity index (χ0v) is 10.9. The molecule has 1 atom stereocenters. The van der Waals surface area contributed by atoms with Crippen LogP contribution in [0.4, 0.5) is 0 Å². The predicted molar refractivity (Wildman–Crippen MR) is 66.5 cm³/mol. The lowest BCUT2D eigenvalue weighted by Crippen LogP contribution is -2.15. The van der Waals surface area contributed by atoms with Gasteiger partial charge in [-0.3, -0.25) is 0 Å². The lowest BCUT2D eigenvalue weighted by Gasteiger charge is -2.00. The van der Waals surface area contributed by atoms with Crippen LogP contribution in [0, 0.1) is 0 Å². The first-order chi connectivity index (χ1) is 8.11. The molecule has 2 aromatic rings. The third kappa shape index (κ3) is 2.66. The zero-order valence-electron chi connectivity index (χ0n) is 8.60. The van der Waals surface area contributed by atoms with Gasteiger partial charge in [0.05, 0.1) is 18.2 Å². The highest BCUT2D eigenvalue weighted by atomic mass is 79.9. The van der Waals surface area contributed by atoms with Crippen LogP contribution in [0.5, 0.6) is 0 Å². The molecule has 0 aliphatic rings. The molecule has 1 heterocycles. The number of nitrogens with two attached hydrogens (primary N) is 1. The van der Waals surface area contributed by atoms with Crippen molar-refractivity contribution in [3.05, 3.63) is 33.5 Å². The highest BCUT2D eigenvalue weighted by molar-refractivity contribution is 9.10. The van der Waals surface area contributed by atoms with Gasteiger partial charge >= 0.3 is 0 Å². The number of hydrogen-bond acceptors (Lipinski definition) is 5. The molecule has 7 heteroatoms. The number of hydrogen-bond donors (Lipinski definition) is 2. The molecule has 0 saturated carbocycles. The summed E-state index contributed by atoms with van der Waals surface area (Å²) in [4.78, 5) is 4.10. The van der Waals surface area contributed by atoms with E-state index in [0.29, 0.717) is 16.5 Å². The maximum atomic E-state index is 8.89. The Morgan fingerprint density at radius 2 is 2.29 bits per heavy atom. The van der Waals surface area contributed by atoms with Crippen molar-refractivity contribution in [3.63, 3.8) is 0 Å². The van der Waals surface area contributed by atoms with Crippen LogP contribution < -0.4 is 5.73 Å². The van der Waals surface area contributed by atoms with E-state index in [2.05, 4.69) is 26.1 Å². The van der Waals surface area contributed by atoms with Gasteiger partial charge in [-0.2, -0.15) is 4.98 Å². The van der Waals surface area contributed by atoms with Crippen LogP contribution in [0.1, 0.15) is 11.9 Å². The summed E-state index contributed by atoms with van der Waals surface area (Å²) in [5.74, 6) is 0.563. The van der Waals surface area contributed by atoms with Gasteiger partial charge in [-0.15, -0.1) is 0 Å². The van der Waals surface area contributed by atoms with E-state index in [-0.39, 0.29) is 12.4 Å². The molecule has 0 aliphatic carbocycles. The predicted octanol–water partition coefficient (Wildman–Crippen LogP) is 2.14. The molecule has 0 radical (unpaired) electrons. The van der Waals surface area contributed by atoms with Gasteiger partial charge in [0.1, 0.15) is 0 Å². The summed E-state index contributed by atoms with van der Waals surface area (Å²) in [6.07, 6.45) is 0. The maximum absolute atomic E-state index is 8.89. The van der Waals surface area contributed by atoms with Gasteiger partial charge in [0.2, 0.25) is 0 Å². The van der Waals surface area contributed by atoms with E-state index < -0.39 is 6.04 Å². The minimum Gasteiger partial charge on any atom is -0.394 e. The highest BCUT2D eigenvalue weighted by Crippen LogP contribution is 2.30. The van der Waals surface area contributed by atoms with Crippen LogP contribution in [0.2, 0.25) is 5.02 Å². The molecule has 1 unspecified atom stereocenters. The third-order valence-corrected chi connectivity index (χ3v) is 3.06. The molecule has 2 rings (SSSR count). The van der Waals surface area contributed by atoms with Gasteiger partial charge < -0.3 is 15.4 Å². The first-order valence-electron chi connectivity index (χ1n) is 4.77. The van der Waals surface area contributed by atoms with Crippen LogP contribution in [0.25, 0.3) is 11.5 Å². The second-order valence-corrected chi connectivity index (χ2v) is 4.66. The van der Waals surface area contributed by atoms with E-state index in [1.165, 1.54) is 0 Å². The number of benzene rings is 1. The fourth-order valence-corrected chi connectivity index (χ4v) is 1.83. The van der Waals surface area contributed by atoms with Gasteiger partial charge in [0.15, 0.2) is 5.82 Å². The van der Waals surface area contributed by atoms with Gasteiger partial charge in [-0.1, -0.05) is 16.8 Å². The summed E-state index contributed by atoms with van der Waals surface area (Å²) in [7, 11) is 0. The number of halogens is 2. The molecule has 17 heavy (non-hydrogen) atoms. The van der Waals surface area contributed by atoms with Crippen molar-refractivity contribution < 1.29 is 9.63 Å². The Bertz CT molecular complexity index is 532. The fourth-order valence-electron chi connectivity index (χ4n) is 1.24. The average Bonchev–Trinajstić information content (AvgIpc) is 2.80. The summed E-state index contributed by atoms with van der Waals surface area (Å²) < 4.78 is 5.86. The normalized spacial score (nSPS) is 12.7. The van der Waals surface area contributed by atoms with E-state index in [9.17, 15) is 0 Å². The highest BCUT2D eigenvalue weighted by Gasteiger charge is 2.16. The Kier molecular flexibility index (Phi) is 3.78. The molecule has 0 bridgehead atoms. The van der Waals surface area contributed by atoms with Crippen molar-refractivity contribution in [2.45, 2.75) is 6.04 Å². The number of aromatic nitrogens is 2. The monoisotopic (exact) mass is 317 g/mol. The van der Waals surface area contributed by atoms with Gasteiger partial charge in [0.25, 0.3) is 5.89 Å². The van der Waals surface area contributed by atoms with Crippen LogP contribution in [-0.4, -0.2) is 21.9 Å². The van der Waals surface area contributed by atoms with Gasteiger partial charge in [-0.05, 0) is 34.1 Å². The SMILES string of the molecule is NC(CO)c1noc(-c2cc(Cl)ccc2Br)n1. The number of aliphatic hydroxyl groups is 1. The van der Waals surface area contributed by atoms with E-state index >= 15 is 0 Å². The van der Waals surface area contributed by atoms with Crippen molar-refractivity contribution >= 4 is 27.5 Å². The molecule has 5 nitrogen and oxygen atoms in total. The quantitative estimate of drug-likeness (QED) is 0.905. The average molecular weight is 319 g/mol. The minimum absolute atomic E-state index is 0.240. The lowest BCUT2D eigenvalue weighted by molar-refractivity contribution is 0.260. The summed E-state index contributed by atoms with van der Waals surface area (Å²) >= 11 is 9.25. The van der Waals surface area contributed by atoms with Crippen molar-refractivity contribution in [1.29, 1.82) is 0 Å². The Morgan fingerprint density at radius 3 is 3.00 bits per heavy atom. The zero-order chi connectivity index (χ0) is 12.4. The minimum atomic E-state index is -0.648. The third-order valence-electron chi connectivity index (χ3n) is 2.13. The van der Waals surface area contributed by atoms with Crippen molar-refractivity contribution in [2.75, 3.05) is 6.61 Å². The van der Waals surface area contributed by atoms with Crippen LogP contribution in [0.3, 0.4) is 0 Å². The summed E-state index contributed by atoms with van der Waals surface area (Å²) in [6, 6.07) is 4.58. The molecule has 90 valence electrons. The van der Waals surface area contributed by atoms with Crippen molar-refractivity contribution in [3.8, 4) is 11.5 Å². The fraction of sp³-hybridized carbons (Fsp3) is 0.200. The summed E-state index contributed by atoms with van der Waals surface area (Å²) in [5, 5.41) is 13.2. The topological polar surface area (TPSA) is 85.2 Å². The molecule has 0 fully saturated rings. The Morgan fingerprint density at radius 1 is 1.53 bits per heavy atom. The van der Waals surface area contributed by atoms with Crippen molar-refractivity contribution in [2.24, 2.45) is 5.73 Å². The Hall–Kier alpha value is -0.950. The standard InChI is InChI=1S/C10H9BrClN3O2/c11-7-2-1-5(12)3-6(7)10-14-9(15-17-10)8(13)4-16/h1-3,8,16H,4,13H2. The largest absolute Gasteiger partial charge is 0.394 e. The lowest BCUT2D eigenvalue weighted by atomic mass is 10.2. The molecule has 0 aliphatic heterocycles. The van der Waals surface area contributed by atoms with Crippen molar-refractivity contribution in [1.82, 2.24) is 10.1 Å². The number of aliphatic hydroxyl groups excluding tert-OH is 1. The second kappa shape index (κ2) is 5.14. The summed E-state index contributed by atoms with van der Waals surface area (Å²) in [5.41, 5.74) is 6.26. The molecule has 1 aromatic carbocycles. The van der Waals surface area contributed by atoms with E-state index in [4.69, 9.17) is 27.0 Å². The molecule has 0 amide bonds. The first-order valence-corrected chi connectivity index (χ1v) is 5.94. The van der Waals surface area contributed by atoms with E-state index in [1.807, 2.05) is 0 Å².